The Bertz CT molecular complexity index is 1950. The summed E-state index contributed by atoms with van der Waals surface area (Å²) in [4.78, 5) is 61.6. The Morgan fingerprint density at radius 1 is 0.824 bits per heavy atom. The minimum Gasteiger partial charge on any atom is -0.462 e. The zero-order valence-electron chi connectivity index (χ0n) is 39.7. The van der Waals surface area contributed by atoms with Gasteiger partial charge in [-0.3, -0.25) is 23.2 Å². The van der Waals surface area contributed by atoms with Crippen LogP contribution in [0.25, 0.3) is 0 Å². The maximum Gasteiger partial charge on any atom is 0.481 e. The molecule has 0 radical (unpaired) electrons. The van der Waals surface area contributed by atoms with Crippen molar-refractivity contribution in [3.05, 3.63) is 95.7 Å². The lowest BCUT2D eigenvalue weighted by molar-refractivity contribution is -0.161. The van der Waals surface area contributed by atoms with Gasteiger partial charge in [-0.15, -0.1) is 0 Å². The molecule has 21 heteroatoms. The highest BCUT2D eigenvalue weighted by Crippen LogP contribution is 2.60. The zero-order chi connectivity index (χ0) is 50.2. The molecule has 2 heterocycles. The minimum absolute atomic E-state index is 0.0961. The number of unbranched alkanes of at least 4 members (excludes halogenated alkanes) is 6. The number of carbonyl (C=O) groups excluding carboxylic acids is 2. The summed E-state index contributed by atoms with van der Waals surface area (Å²) in [6.45, 7) is 4.08. The van der Waals surface area contributed by atoms with E-state index in [1.807, 2.05) is 42.5 Å². The molecule has 1 aromatic rings. The first-order chi connectivity index (χ1) is 32.4. The van der Waals surface area contributed by atoms with Gasteiger partial charge in [0.05, 0.1) is 19.3 Å². The number of aliphatic hydroxyl groups excluding tert-OH is 3. The van der Waals surface area contributed by atoms with Crippen LogP contribution in [0.1, 0.15) is 130 Å². The van der Waals surface area contributed by atoms with Gasteiger partial charge in [0.25, 0.3) is 0 Å². The molecular weight excluding hydrogens is 924 g/mol. The summed E-state index contributed by atoms with van der Waals surface area (Å²) in [5.41, 5.74) is 4.56. The second kappa shape index (κ2) is 34.5. The molecule has 0 aliphatic carbocycles. The molecule has 0 amide bonds. The number of rotatable bonds is 36. The van der Waals surface area contributed by atoms with Gasteiger partial charge in [-0.1, -0.05) is 139 Å². The normalized spacial score (nSPS) is 20.7. The molecule has 1 aliphatic rings. The SMILES string of the molecule is CC/C=C\C/C=C\CC(O)/C=C/C=C\C/C=C\C/C=C\CCC(=O)O[C@H](COC(=O)CCCCCCCCCC(C)C)COP(=O)(O)OP(=O)(O)OC[C@H]1O[C@@H](n2ccc(N)nc2=O)[C@H](O)[C@@H]1O. The largest absolute Gasteiger partial charge is 0.481 e. The van der Waals surface area contributed by atoms with Crippen LogP contribution in [0, 0.1) is 5.92 Å². The average molecular weight is 1000 g/mol. The van der Waals surface area contributed by atoms with Gasteiger partial charge in [0, 0.05) is 19.0 Å². The van der Waals surface area contributed by atoms with E-state index in [1.165, 1.54) is 25.3 Å². The van der Waals surface area contributed by atoms with Crippen molar-refractivity contribution in [1.82, 2.24) is 9.55 Å². The number of allylic oxidation sites excluding steroid dienone is 10. The van der Waals surface area contributed by atoms with Gasteiger partial charge in [0.1, 0.15) is 30.7 Å². The Hall–Kier alpha value is -3.84. The molecule has 2 rings (SSSR count). The number of phosphoric acid groups is 2. The quantitative estimate of drug-likeness (QED) is 0.0123. The second-order valence-electron chi connectivity index (χ2n) is 16.6. The Morgan fingerprint density at radius 3 is 2.15 bits per heavy atom. The third-order valence-corrected chi connectivity index (χ3v) is 12.7. The molecule has 1 fully saturated rings. The molecule has 0 aromatic carbocycles. The summed E-state index contributed by atoms with van der Waals surface area (Å²) in [6.07, 6.45) is 27.9. The van der Waals surface area contributed by atoms with E-state index >= 15 is 0 Å². The van der Waals surface area contributed by atoms with Crippen LogP contribution >= 0.6 is 15.6 Å². The summed E-state index contributed by atoms with van der Waals surface area (Å²) in [5, 5.41) is 30.9. The summed E-state index contributed by atoms with van der Waals surface area (Å²) in [5.74, 6) is -0.757. The third-order valence-electron chi connectivity index (χ3n) is 10.1. The highest BCUT2D eigenvalue weighted by molar-refractivity contribution is 7.61. The first-order valence-corrected chi connectivity index (χ1v) is 26.4. The predicted molar refractivity (Wildman–Crippen MR) is 258 cm³/mol. The van der Waals surface area contributed by atoms with Crippen molar-refractivity contribution in [1.29, 1.82) is 0 Å². The summed E-state index contributed by atoms with van der Waals surface area (Å²) >= 11 is 0. The van der Waals surface area contributed by atoms with Crippen LogP contribution in [0.15, 0.2) is 90.0 Å². The molecule has 8 atom stereocenters. The fourth-order valence-corrected chi connectivity index (χ4v) is 8.54. The highest BCUT2D eigenvalue weighted by Gasteiger charge is 2.46. The van der Waals surface area contributed by atoms with Gasteiger partial charge >= 0.3 is 33.3 Å². The minimum atomic E-state index is -5.45. The number of aliphatic hydroxyl groups is 3. The van der Waals surface area contributed by atoms with Gasteiger partial charge in [-0.05, 0) is 56.9 Å². The zero-order valence-corrected chi connectivity index (χ0v) is 41.4. The summed E-state index contributed by atoms with van der Waals surface area (Å²) < 4.78 is 56.4. The van der Waals surface area contributed by atoms with Gasteiger partial charge < -0.3 is 45.1 Å². The Balaban J connectivity index is 1.87. The molecule has 3 unspecified atom stereocenters. The average Bonchev–Trinajstić information content (AvgIpc) is 3.55. The second-order valence-corrected chi connectivity index (χ2v) is 19.6. The van der Waals surface area contributed by atoms with Crippen LogP contribution in [0.4, 0.5) is 5.82 Å². The van der Waals surface area contributed by atoms with Crippen molar-refractivity contribution in [2.24, 2.45) is 5.92 Å². The molecule has 1 aromatic heterocycles. The summed E-state index contributed by atoms with van der Waals surface area (Å²) in [6, 6.07) is 1.24. The lowest BCUT2D eigenvalue weighted by Crippen LogP contribution is -2.36. The van der Waals surface area contributed by atoms with E-state index < -0.39 is 89.8 Å². The van der Waals surface area contributed by atoms with Crippen LogP contribution in [0.2, 0.25) is 0 Å². The first-order valence-electron chi connectivity index (χ1n) is 23.4. The van der Waals surface area contributed by atoms with Crippen molar-refractivity contribution < 1.29 is 71.4 Å². The monoisotopic (exact) mass is 999 g/mol. The number of esters is 2. The maximum atomic E-state index is 12.8. The summed E-state index contributed by atoms with van der Waals surface area (Å²) in [7, 11) is -10.9. The van der Waals surface area contributed by atoms with Crippen LogP contribution in [0.5, 0.6) is 0 Å². The fourth-order valence-electron chi connectivity index (χ4n) is 6.43. The number of nitrogens with two attached hydrogens (primary N) is 1. The van der Waals surface area contributed by atoms with E-state index in [1.54, 1.807) is 18.2 Å². The molecule has 1 aliphatic heterocycles. The van der Waals surface area contributed by atoms with Gasteiger partial charge in [-0.25, -0.2) is 13.9 Å². The molecular formula is C47H75N3O16P2. The van der Waals surface area contributed by atoms with Crippen molar-refractivity contribution in [2.45, 2.75) is 160 Å². The molecule has 0 bridgehead atoms. The van der Waals surface area contributed by atoms with E-state index in [0.29, 0.717) is 31.6 Å². The lowest BCUT2D eigenvalue weighted by Gasteiger charge is -2.21. The smallest absolute Gasteiger partial charge is 0.462 e. The van der Waals surface area contributed by atoms with E-state index in [2.05, 4.69) is 42.2 Å². The number of nitrogen functional groups attached to an aromatic ring is 1. The molecule has 7 N–H and O–H groups in total. The topological polar surface area (TPSA) is 286 Å². The predicted octanol–water partition coefficient (Wildman–Crippen LogP) is 7.77. The first kappa shape index (κ1) is 60.3. The Labute approximate surface area is 400 Å². The Morgan fingerprint density at radius 2 is 1.46 bits per heavy atom. The number of hydrogen-bond donors (Lipinski definition) is 6. The van der Waals surface area contributed by atoms with Gasteiger partial charge in [0.2, 0.25) is 0 Å². The number of carbonyl (C=O) groups is 2. The molecule has 1 saturated heterocycles. The number of aromatic nitrogens is 2. The van der Waals surface area contributed by atoms with Crippen LogP contribution in [-0.4, -0.2) is 96.9 Å². The van der Waals surface area contributed by atoms with E-state index in [4.69, 9.17) is 29.0 Å². The van der Waals surface area contributed by atoms with Crippen LogP contribution < -0.4 is 11.4 Å². The molecule has 384 valence electrons. The van der Waals surface area contributed by atoms with Crippen LogP contribution in [0.3, 0.4) is 0 Å². The van der Waals surface area contributed by atoms with Crippen LogP contribution in [-0.2, 0) is 46.3 Å². The molecule has 0 saturated carbocycles. The lowest BCUT2D eigenvalue weighted by atomic mass is 10.0. The molecule has 0 spiro atoms. The van der Waals surface area contributed by atoms with E-state index in [-0.39, 0.29) is 25.1 Å². The fraction of sp³-hybridized carbons (Fsp3) is 0.617. The Kier molecular flexibility index (Phi) is 30.5. The highest BCUT2D eigenvalue weighted by atomic mass is 31.3. The van der Waals surface area contributed by atoms with E-state index in [0.717, 1.165) is 49.3 Å². The van der Waals surface area contributed by atoms with Crippen molar-refractivity contribution in [3.8, 4) is 0 Å². The van der Waals surface area contributed by atoms with Crippen molar-refractivity contribution in [2.75, 3.05) is 25.6 Å². The molecule has 68 heavy (non-hydrogen) atoms. The third kappa shape index (κ3) is 28.0. The van der Waals surface area contributed by atoms with Gasteiger partial charge in [-0.2, -0.15) is 9.29 Å². The number of nitrogens with zero attached hydrogens (tertiary/aromatic N) is 2. The number of anilines is 1. The van der Waals surface area contributed by atoms with Crippen molar-refractivity contribution in [3.63, 3.8) is 0 Å². The van der Waals surface area contributed by atoms with Gasteiger partial charge in [0.15, 0.2) is 12.3 Å². The van der Waals surface area contributed by atoms with E-state index in [9.17, 15) is 48.6 Å². The van der Waals surface area contributed by atoms with Crippen molar-refractivity contribution >= 4 is 33.4 Å². The maximum absolute atomic E-state index is 12.8. The molecule has 19 nitrogen and oxygen atoms in total. The number of phosphoric ester groups is 2. The standard InChI is InChI=1S/C47H75N3O16P2/c1-4-5-6-7-18-23-28-38(51)29-24-19-14-10-8-9-11-15-21-26-31-43(53)64-39(34-61-42(52)30-25-20-16-12-13-17-22-27-37(2)3)35-62-67(57,58)66-68(59,60)63-36-40-44(54)45(55)46(65-40)50-33-32-41(48)49-47(50)56/h5-6,8-9,14-15,18-19,21,23-24,29,32-33,37-40,44-46,51,54-55H,4,7,10-13,16-17,20,22,25-28,30-31,34-36H2,1-3H3,(H,57,58)(H,59,60)(H2,48,49,56)/b6-5-,9-8-,19-14-,21-15-,23-18-,29-24+/t38?,39-,40-,44-,45-,46-/m1/s1. The number of hydrogen-bond acceptors (Lipinski definition) is 16. The number of ether oxygens (including phenoxy) is 3.